The summed E-state index contributed by atoms with van der Waals surface area (Å²) in [5.41, 5.74) is -0.172. The van der Waals surface area contributed by atoms with Gasteiger partial charge in [-0.25, -0.2) is 0 Å². The first-order valence-electron chi connectivity index (χ1n) is 24.0. The molecule has 4 atom stereocenters. The van der Waals surface area contributed by atoms with E-state index in [4.69, 9.17) is 27.7 Å². The number of amides is 2. The lowest BCUT2D eigenvalue weighted by atomic mass is 10.1. The van der Waals surface area contributed by atoms with Crippen molar-refractivity contribution in [3.05, 3.63) is 71.0 Å². The number of pyridine rings is 2. The molecule has 8 N–H and O–H groups in total. The topological polar surface area (TPSA) is 304 Å². The molecule has 0 fully saturated rings. The normalized spacial score (nSPS) is 14.7. The Morgan fingerprint density at radius 3 is 1.54 bits per heavy atom. The van der Waals surface area contributed by atoms with Crippen molar-refractivity contribution in [2.75, 3.05) is 73.7 Å². The van der Waals surface area contributed by atoms with E-state index >= 15 is 0 Å². The molecule has 2 aromatic heterocycles. The van der Waals surface area contributed by atoms with Crippen molar-refractivity contribution in [3.8, 4) is 0 Å². The molecule has 0 aliphatic heterocycles. The third kappa shape index (κ3) is 19.4. The number of nitrogens with zero attached hydrogens (tertiary/aromatic N) is 6. The minimum atomic E-state index is -5.24. The number of fused-ring (bicyclic) bond motifs is 2. The van der Waals surface area contributed by atoms with Crippen molar-refractivity contribution in [1.29, 1.82) is 0 Å². The highest BCUT2D eigenvalue weighted by atomic mass is 35.5. The zero-order valence-electron chi connectivity index (χ0n) is 41.9. The molecule has 29 heteroatoms. The number of carbonyl (C=O) groups excluding carboxylic acids is 2. The summed E-state index contributed by atoms with van der Waals surface area (Å²) in [6.07, 6.45) is 5.21. The van der Waals surface area contributed by atoms with Gasteiger partial charge in [-0.05, 0) is 134 Å². The van der Waals surface area contributed by atoms with Crippen molar-refractivity contribution in [3.63, 3.8) is 0 Å². The fourth-order valence-corrected chi connectivity index (χ4v) is 16.0. The first kappa shape index (κ1) is 64.5. The van der Waals surface area contributed by atoms with Crippen LogP contribution in [0.1, 0.15) is 73.1 Å². The van der Waals surface area contributed by atoms with E-state index in [-0.39, 0.29) is 48.9 Å². The average Bonchev–Trinajstić information content (AvgIpc) is 3.30. The van der Waals surface area contributed by atoms with Gasteiger partial charge in [0.25, 0.3) is 10.5 Å². The fourth-order valence-electron chi connectivity index (χ4n) is 8.34. The second-order valence-corrected chi connectivity index (χ2v) is 28.5. The van der Waals surface area contributed by atoms with Crippen molar-refractivity contribution < 1.29 is 66.6 Å². The summed E-state index contributed by atoms with van der Waals surface area (Å²) in [7, 11) is -20.6. The van der Waals surface area contributed by atoms with Crippen molar-refractivity contribution >= 4 is 121 Å². The Hall–Kier alpha value is -2.04. The standard InChI is InChI=1S/C45H69Cl2N7O14P4S2/c1-6-51(7-2)24-9-12-32(4)53(40-19-21-48-38-30-34(46)15-17-36(38)40)44(55)73-28-11-14-42(69(57,58)59)72(66,67)68-27-26-52(8-3)25-10-13-33(5)54(41-20-22-49-39-31-35(47)16-18-37(39)41)45(56)74-29-23-50-43(70(60,61)62)71(63,64)65/h15-22,30-33,42-43,50H,6-14,23-29H2,1-5H3,(H,66,67)(H2,57,58,59)(H2,60,61,62)(H2,63,64,65). The lowest BCUT2D eigenvalue weighted by Gasteiger charge is -2.31. The molecule has 2 aromatic carbocycles. The quantitative estimate of drug-likeness (QED) is 0.0172. The zero-order valence-corrected chi connectivity index (χ0v) is 48.7. The Balaban J connectivity index is 1.37. The van der Waals surface area contributed by atoms with Crippen molar-refractivity contribution in [2.24, 2.45) is 0 Å². The number of hydrogen-bond acceptors (Lipinski definition) is 14. The van der Waals surface area contributed by atoms with E-state index in [1.165, 1.54) is 11.1 Å². The second-order valence-electron chi connectivity index (χ2n) is 17.5. The summed E-state index contributed by atoms with van der Waals surface area (Å²) in [4.78, 5) is 114. The molecule has 21 nitrogen and oxygen atoms in total. The van der Waals surface area contributed by atoms with Gasteiger partial charge in [-0.2, -0.15) is 0 Å². The van der Waals surface area contributed by atoms with E-state index in [1.54, 1.807) is 53.6 Å². The third-order valence-electron chi connectivity index (χ3n) is 12.3. The Morgan fingerprint density at radius 1 is 0.635 bits per heavy atom. The highest BCUT2D eigenvalue weighted by Gasteiger charge is 2.45. The monoisotopic (exact) mass is 1190 g/mol. The molecule has 2 heterocycles. The number of anilines is 2. The number of nitrogens with one attached hydrogen (secondary N) is 1. The van der Waals surface area contributed by atoms with E-state index in [1.807, 2.05) is 31.7 Å². The smallest absolute Gasteiger partial charge is 0.324 e. The highest BCUT2D eigenvalue weighted by molar-refractivity contribution is 8.14. The lowest BCUT2D eigenvalue weighted by Crippen LogP contribution is -2.38. The lowest BCUT2D eigenvalue weighted by molar-refractivity contribution is 0.192. The van der Waals surface area contributed by atoms with Gasteiger partial charge in [-0.3, -0.25) is 52.9 Å². The maximum Gasteiger partial charge on any atom is 0.354 e. The van der Waals surface area contributed by atoms with Gasteiger partial charge in [0.05, 0.1) is 29.0 Å². The molecule has 74 heavy (non-hydrogen) atoms. The molecule has 2 amide bonds. The minimum Gasteiger partial charge on any atom is -0.324 e. The van der Waals surface area contributed by atoms with Crippen LogP contribution in [-0.2, 0) is 22.8 Å². The van der Waals surface area contributed by atoms with Gasteiger partial charge >= 0.3 is 30.4 Å². The van der Waals surface area contributed by atoms with Crippen LogP contribution in [0.15, 0.2) is 60.9 Å². The van der Waals surface area contributed by atoms with Gasteiger partial charge in [-0.15, -0.1) is 0 Å². The number of benzene rings is 2. The van der Waals surface area contributed by atoms with Crippen molar-refractivity contribution in [2.45, 2.75) is 96.2 Å². The van der Waals surface area contributed by atoms with Crippen LogP contribution in [0.3, 0.4) is 0 Å². The molecule has 0 radical (unpaired) electrons. The van der Waals surface area contributed by atoms with Crippen molar-refractivity contribution in [1.82, 2.24) is 25.1 Å². The van der Waals surface area contributed by atoms with E-state index < -0.39 is 59.0 Å². The molecular formula is C45H69Cl2N7O14P4S2. The van der Waals surface area contributed by atoms with Gasteiger partial charge < -0.3 is 48.6 Å². The molecule has 0 spiro atoms. The van der Waals surface area contributed by atoms with Crippen LogP contribution in [0, 0.1) is 0 Å². The van der Waals surface area contributed by atoms with Gasteiger partial charge in [0.2, 0.25) is 5.52 Å². The number of thioether (sulfide) groups is 2. The molecule has 0 aliphatic rings. The number of halogens is 2. The summed E-state index contributed by atoms with van der Waals surface area (Å²) < 4.78 is 55.2. The average molecular weight is 1190 g/mol. The van der Waals surface area contributed by atoms with Crippen LogP contribution in [0.4, 0.5) is 21.0 Å². The minimum absolute atomic E-state index is 0.0157. The maximum absolute atomic E-state index is 14.1. The molecule has 4 aromatic rings. The largest absolute Gasteiger partial charge is 0.354 e. The van der Waals surface area contributed by atoms with Crippen LogP contribution in [-0.4, -0.2) is 151 Å². The van der Waals surface area contributed by atoms with Gasteiger partial charge in [0.1, 0.15) is 0 Å². The maximum atomic E-state index is 14.1. The van der Waals surface area contributed by atoms with E-state index in [9.17, 15) is 62.1 Å². The summed E-state index contributed by atoms with van der Waals surface area (Å²) in [6, 6.07) is 13.0. The predicted molar refractivity (Wildman–Crippen MR) is 298 cm³/mol. The number of carbonyl (C=O) groups is 2. The molecule has 0 saturated heterocycles. The predicted octanol–water partition coefficient (Wildman–Crippen LogP) is 9.82. The molecule has 0 bridgehead atoms. The van der Waals surface area contributed by atoms with Crippen LogP contribution in [0.2, 0.25) is 10.0 Å². The Morgan fingerprint density at radius 2 is 1.09 bits per heavy atom. The second kappa shape index (κ2) is 29.8. The van der Waals surface area contributed by atoms with Crippen LogP contribution in [0.5, 0.6) is 0 Å². The summed E-state index contributed by atoms with van der Waals surface area (Å²) in [5, 5.41) is 1.65. The van der Waals surface area contributed by atoms with Crippen LogP contribution >= 0.6 is 77.1 Å². The molecule has 4 rings (SSSR count). The molecule has 414 valence electrons. The zero-order chi connectivity index (χ0) is 55.0. The SMILES string of the molecule is CCN(CC)CCCC(C)N(C(=O)SCCCC(P(=O)(O)O)P(=O)(O)OCCN(CC)CCCC(C)N(C(=O)SCCNC(P(=O)(O)O)P(=O)(O)O)c1ccnc2cc(Cl)ccc12)c1ccnc2cc(Cl)ccc12. The van der Waals surface area contributed by atoms with E-state index in [2.05, 4.69) is 34.0 Å². The molecule has 0 saturated carbocycles. The van der Waals surface area contributed by atoms with Crippen LogP contribution < -0.4 is 15.1 Å². The number of rotatable bonds is 31. The van der Waals surface area contributed by atoms with Gasteiger partial charge in [-0.1, -0.05) is 67.5 Å². The third-order valence-corrected chi connectivity index (χ3v) is 22.3. The highest BCUT2D eigenvalue weighted by Crippen LogP contribution is 2.64. The summed E-state index contributed by atoms with van der Waals surface area (Å²) in [5.74, 6) is -0.0106. The summed E-state index contributed by atoms with van der Waals surface area (Å²) >= 11 is 14.2. The van der Waals surface area contributed by atoms with E-state index in [0.29, 0.717) is 70.2 Å². The molecular weight excluding hydrogens is 1120 g/mol. The Labute approximate surface area is 450 Å². The Bertz CT molecular complexity index is 2670. The first-order chi connectivity index (χ1) is 34.7. The number of likely N-dealkylation sites (N-methyl/N-ethyl adjacent to an activating group) is 1. The number of hydrogen-bond donors (Lipinski definition) is 8. The Kier molecular flexibility index (Phi) is 26.0. The molecule has 4 unspecified atom stereocenters. The summed E-state index contributed by atoms with van der Waals surface area (Å²) in [6.45, 7) is 12.9. The fraction of sp³-hybridized carbons (Fsp3) is 0.556. The number of aromatic nitrogens is 2. The van der Waals surface area contributed by atoms with Gasteiger partial charge in [0.15, 0.2) is 5.40 Å². The molecule has 0 aliphatic carbocycles. The van der Waals surface area contributed by atoms with E-state index in [0.717, 1.165) is 55.0 Å². The van der Waals surface area contributed by atoms with Gasteiger partial charge in [0, 0.05) is 69.9 Å². The first-order valence-corrected chi connectivity index (χ1v) is 33.5. The van der Waals surface area contributed by atoms with Crippen LogP contribution in [0.25, 0.3) is 21.8 Å².